The molecular weight excluding hydrogens is 272 g/mol. The van der Waals surface area contributed by atoms with E-state index in [9.17, 15) is 14.4 Å². The summed E-state index contributed by atoms with van der Waals surface area (Å²) in [6, 6.07) is 8.50. The van der Waals surface area contributed by atoms with Gasteiger partial charge >= 0.3 is 5.97 Å². The molecule has 0 aliphatic rings. The molecule has 1 aromatic carbocycles. The van der Waals surface area contributed by atoms with Crippen molar-refractivity contribution >= 4 is 17.8 Å². The highest BCUT2D eigenvalue weighted by Gasteiger charge is 2.18. The fraction of sp³-hybridized carbons (Fsp3) is 0.400. The largest absolute Gasteiger partial charge is 0.469 e. The number of esters is 1. The van der Waals surface area contributed by atoms with Crippen molar-refractivity contribution in [2.75, 3.05) is 27.2 Å². The summed E-state index contributed by atoms with van der Waals surface area (Å²) in [5.41, 5.74) is 0.427. The summed E-state index contributed by atoms with van der Waals surface area (Å²) in [7, 11) is 3.02. The van der Waals surface area contributed by atoms with Crippen LogP contribution in [0.4, 0.5) is 0 Å². The highest BCUT2D eigenvalue weighted by atomic mass is 16.5. The Bertz CT molecular complexity index is 502. The molecule has 1 aromatic rings. The SMILES string of the molecule is COC(=O)C(C)CN(C)CC(=O)NC(=O)c1ccccc1. The Morgan fingerprint density at radius 3 is 2.43 bits per heavy atom. The fourth-order valence-corrected chi connectivity index (χ4v) is 1.88. The monoisotopic (exact) mass is 292 g/mol. The summed E-state index contributed by atoms with van der Waals surface area (Å²) in [5, 5.41) is 2.31. The number of benzene rings is 1. The average Bonchev–Trinajstić information content (AvgIpc) is 2.46. The Balaban J connectivity index is 2.43. The molecule has 0 fully saturated rings. The lowest BCUT2D eigenvalue weighted by atomic mass is 10.2. The second kappa shape index (κ2) is 8.16. The van der Waals surface area contributed by atoms with Crippen molar-refractivity contribution in [1.29, 1.82) is 0 Å². The molecule has 0 aliphatic carbocycles. The molecule has 0 saturated carbocycles. The van der Waals surface area contributed by atoms with Gasteiger partial charge in [0, 0.05) is 12.1 Å². The third-order valence-corrected chi connectivity index (χ3v) is 2.89. The minimum absolute atomic E-state index is 0.0277. The van der Waals surface area contributed by atoms with Gasteiger partial charge in [-0.05, 0) is 19.2 Å². The molecule has 1 atom stereocenters. The Morgan fingerprint density at radius 1 is 1.24 bits per heavy atom. The van der Waals surface area contributed by atoms with Crippen molar-refractivity contribution in [2.24, 2.45) is 5.92 Å². The van der Waals surface area contributed by atoms with Crippen molar-refractivity contribution in [3.8, 4) is 0 Å². The lowest BCUT2D eigenvalue weighted by Gasteiger charge is -2.19. The van der Waals surface area contributed by atoms with Gasteiger partial charge in [-0.3, -0.25) is 24.6 Å². The van der Waals surface area contributed by atoms with E-state index in [1.165, 1.54) is 7.11 Å². The summed E-state index contributed by atoms with van der Waals surface area (Å²) < 4.78 is 4.62. The van der Waals surface area contributed by atoms with Crippen LogP contribution in [0.1, 0.15) is 17.3 Å². The standard InChI is InChI=1S/C15H20N2O4/c1-11(15(20)21-3)9-17(2)10-13(18)16-14(19)12-7-5-4-6-8-12/h4-8,11H,9-10H2,1-3H3,(H,16,18,19). The van der Waals surface area contributed by atoms with Gasteiger partial charge in [0.2, 0.25) is 5.91 Å². The molecule has 0 aliphatic heterocycles. The molecule has 114 valence electrons. The summed E-state index contributed by atoms with van der Waals surface area (Å²) in [6.07, 6.45) is 0. The summed E-state index contributed by atoms with van der Waals surface area (Å²) in [6.45, 7) is 2.12. The molecule has 6 heteroatoms. The van der Waals surface area contributed by atoms with Crippen molar-refractivity contribution < 1.29 is 19.1 Å². The van der Waals surface area contributed by atoms with Gasteiger partial charge in [0.1, 0.15) is 0 Å². The quantitative estimate of drug-likeness (QED) is 0.781. The number of methoxy groups -OCH3 is 1. The number of ether oxygens (including phenoxy) is 1. The fourth-order valence-electron chi connectivity index (χ4n) is 1.88. The maximum atomic E-state index is 11.8. The molecule has 0 aromatic heterocycles. The molecule has 1 N–H and O–H groups in total. The van der Waals surface area contributed by atoms with Crippen molar-refractivity contribution in [1.82, 2.24) is 10.2 Å². The van der Waals surface area contributed by atoms with E-state index in [2.05, 4.69) is 10.1 Å². The summed E-state index contributed by atoms with van der Waals surface area (Å²) in [5.74, 6) is -1.52. The van der Waals surface area contributed by atoms with Crippen LogP contribution in [-0.4, -0.2) is 49.9 Å². The molecule has 0 saturated heterocycles. The first kappa shape index (κ1) is 16.8. The van der Waals surface area contributed by atoms with Crippen LogP contribution in [-0.2, 0) is 14.3 Å². The van der Waals surface area contributed by atoms with E-state index in [0.29, 0.717) is 12.1 Å². The smallest absolute Gasteiger partial charge is 0.309 e. The number of nitrogens with one attached hydrogen (secondary N) is 1. The minimum atomic E-state index is -0.435. The van der Waals surface area contributed by atoms with Gasteiger partial charge in [-0.1, -0.05) is 25.1 Å². The van der Waals surface area contributed by atoms with Crippen LogP contribution < -0.4 is 5.32 Å². The third-order valence-electron chi connectivity index (χ3n) is 2.89. The maximum absolute atomic E-state index is 11.8. The lowest BCUT2D eigenvalue weighted by molar-refractivity contribution is -0.145. The van der Waals surface area contributed by atoms with Crippen LogP contribution in [0.15, 0.2) is 30.3 Å². The van der Waals surface area contributed by atoms with Gasteiger partial charge in [-0.25, -0.2) is 0 Å². The molecule has 0 radical (unpaired) electrons. The Kier molecular flexibility index (Phi) is 6.55. The number of imide groups is 1. The van der Waals surface area contributed by atoms with E-state index in [4.69, 9.17) is 0 Å². The molecule has 1 unspecified atom stereocenters. The molecule has 0 spiro atoms. The van der Waals surface area contributed by atoms with E-state index in [0.717, 1.165) is 0 Å². The van der Waals surface area contributed by atoms with E-state index in [-0.39, 0.29) is 18.4 Å². The molecule has 21 heavy (non-hydrogen) atoms. The zero-order chi connectivity index (χ0) is 15.8. The van der Waals surface area contributed by atoms with Crippen LogP contribution >= 0.6 is 0 Å². The second-order valence-corrected chi connectivity index (χ2v) is 4.86. The number of hydrogen-bond donors (Lipinski definition) is 1. The number of nitrogens with zero attached hydrogens (tertiary/aromatic N) is 1. The number of hydrogen-bond acceptors (Lipinski definition) is 5. The average molecular weight is 292 g/mol. The predicted octanol–water partition coefficient (Wildman–Crippen LogP) is 0.684. The highest BCUT2D eigenvalue weighted by Crippen LogP contribution is 2.01. The maximum Gasteiger partial charge on any atom is 0.309 e. The number of likely N-dealkylation sites (N-methyl/N-ethyl adjacent to an activating group) is 1. The van der Waals surface area contributed by atoms with Gasteiger partial charge in [0.25, 0.3) is 5.91 Å². The van der Waals surface area contributed by atoms with Crippen LogP contribution in [0.3, 0.4) is 0 Å². The second-order valence-electron chi connectivity index (χ2n) is 4.86. The van der Waals surface area contributed by atoms with Gasteiger partial charge < -0.3 is 4.74 Å². The van der Waals surface area contributed by atoms with Crippen LogP contribution in [0.5, 0.6) is 0 Å². The summed E-state index contributed by atoms with van der Waals surface area (Å²) >= 11 is 0. The number of carbonyl (C=O) groups is 3. The Hall–Kier alpha value is -2.21. The molecule has 0 bridgehead atoms. The Labute approximate surface area is 124 Å². The zero-order valence-corrected chi connectivity index (χ0v) is 12.5. The van der Waals surface area contributed by atoms with E-state index in [1.54, 1.807) is 49.2 Å². The minimum Gasteiger partial charge on any atom is -0.469 e. The topological polar surface area (TPSA) is 75.7 Å². The van der Waals surface area contributed by atoms with Gasteiger partial charge in [-0.15, -0.1) is 0 Å². The van der Waals surface area contributed by atoms with E-state index in [1.807, 2.05) is 0 Å². The molecular formula is C15H20N2O4. The van der Waals surface area contributed by atoms with E-state index < -0.39 is 11.8 Å². The van der Waals surface area contributed by atoms with Gasteiger partial charge in [0.15, 0.2) is 0 Å². The van der Waals surface area contributed by atoms with Gasteiger partial charge in [-0.2, -0.15) is 0 Å². The zero-order valence-electron chi connectivity index (χ0n) is 12.5. The van der Waals surface area contributed by atoms with Crippen molar-refractivity contribution in [3.63, 3.8) is 0 Å². The highest BCUT2D eigenvalue weighted by molar-refractivity contribution is 6.05. The van der Waals surface area contributed by atoms with Crippen LogP contribution in [0.25, 0.3) is 0 Å². The number of amides is 2. The number of carbonyl (C=O) groups excluding carboxylic acids is 3. The first-order chi connectivity index (χ1) is 9.93. The predicted molar refractivity (Wildman–Crippen MR) is 77.6 cm³/mol. The molecule has 2 amide bonds. The Morgan fingerprint density at radius 2 is 1.86 bits per heavy atom. The van der Waals surface area contributed by atoms with Gasteiger partial charge in [0.05, 0.1) is 19.6 Å². The van der Waals surface area contributed by atoms with Crippen LogP contribution in [0.2, 0.25) is 0 Å². The molecule has 1 rings (SSSR count). The first-order valence-electron chi connectivity index (χ1n) is 6.59. The van der Waals surface area contributed by atoms with Crippen molar-refractivity contribution in [2.45, 2.75) is 6.92 Å². The molecule has 6 nitrogen and oxygen atoms in total. The number of rotatable bonds is 6. The normalized spacial score (nSPS) is 11.8. The first-order valence-corrected chi connectivity index (χ1v) is 6.59. The van der Waals surface area contributed by atoms with E-state index >= 15 is 0 Å². The lowest BCUT2D eigenvalue weighted by Crippen LogP contribution is -2.40. The molecule has 0 heterocycles. The third kappa shape index (κ3) is 5.74. The van der Waals surface area contributed by atoms with Crippen LogP contribution in [0, 0.1) is 5.92 Å². The summed E-state index contributed by atoms with van der Waals surface area (Å²) in [4.78, 5) is 36.5. The van der Waals surface area contributed by atoms with Crippen molar-refractivity contribution in [3.05, 3.63) is 35.9 Å².